The number of H-pyrrole nitrogens is 1. The maximum Gasteiger partial charge on any atom is 0.407 e. The summed E-state index contributed by atoms with van der Waals surface area (Å²) in [5.41, 5.74) is 5.05. The van der Waals surface area contributed by atoms with Crippen LogP contribution in [0.15, 0.2) is 61.1 Å². The van der Waals surface area contributed by atoms with Crippen molar-refractivity contribution >= 4 is 18.0 Å². The van der Waals surface area contributed by atoms with Gasteiger partial charge in [0.1, 0.15) is 12.6 Å². The van der Waals surface area contributed by atoms with Crippen LogP contribution in [0.25, 0.3) is 11.1 Å². The molecule has 0 aliphatic heterocycles. The quantitative estimate of drug-likeness (QED) is 0.401. The van der Waals surface area contributed by atoms with Crippen molar-refractivity contribution in [3.8, 4) is 23.0 Å². The second-order valence-corrected chi connectivity index (χ2v) is 7.63. The van der Waals surface area contributed by atoms with E-state index in [1.807, 2.05) is 36.4 Å². The number of carbonyl (C=O) groups excluding carboxylic acids is 2. The smallest absolute Gasteiger partial charge is 0.407 e. The number of carboxylic acids is 1. The fourth-order valence-electron chi connectivity index (χ4n) is 3.90. The van der Waals surface area contributed by atoms with Crippen molar-refractivity contribution < 1.29 is 24.2 Å². The predicted octanol–water partition coefficient (Wildman–Crippen LogP) is 2.06. The first-order valence-electron chi connectivity index (χ1n) is 10.6. The Morgan fingerprint density at radius 3 is 2.38 bits per heavy atom. The molecule has 0 bridgehead atoms. The maximum absolute atomic E-state index is 12.1. The molecule has 0 saturated carbocycles. The van der Waals surface area contributed by atoms with Crippen LogP contribution < -0.4 is 10.6 Å². The van der Waals surface area contributed by atoms with E-state index >= 15 is 0 Å². The van der Waals surface area contributed by atoms with Crippen LogP contribution in [-0.2, 0) is 20.7 Å². The van der Waals surface area contributed by atoms with Gasteiger partial charge in [0.25, 0.3) is 5.91 Å². The van der Waals surface area contributed by atoms with Crippen molar-refractivity contribution in [2.45, 2.75) is 18.4 Å². The molecule has 1 aromatic heterocycles. The number of imidazole rings is 1. The summed E-state index contributed by atoms with van der Waals surface area (Å²) in [5.74, 6) is 2.74. The van der Waals surface area contributed by atoms with E-state index in [9.17, 15) is 19.5 Å². The molecule has 4 rings (SSSR count). The summed E-state index contributed by atoms with van der Waals surface area (Å²) >= 11 is 0. The lowest BCUT2D eigenvalue weighted by Crippen LogP contribution is -2.41. The summed E-state index contributed by atoms with van der Waals surface area (Å²) < 4.78 is 5.40. The van der Waals surface area contributed by atoms with Crippen LogP contribution in [-0.4, -0.2) is 52.2 Å². The molecule has 4 N–H and O–H groups in total. The number of aliphatic carboxylic acids is 1. The second-order valence-electron chi connectivity index (χ2n) is 7.63. The second kappa shape index (κ2) is 10.4. The summed E-state index contributed by atoms with van der Waals surface area (Å²) in [5, 5.41) is 14.1. The standard InChI is InChI=1S/C25H22N4O5/c30-23(29-22(24(31)32)12-16-13-26-15-28-16)10-5-11-27-25(33)34-14-21-19-8-3-1-6-17(19)18-7-2-4-9-20(18)21/h1-4,6-9,13,15,21-22H,11-12,14H2,(H,26,28)(H,27,33)(H,29,30)(H,31,32)/t22-/m1/s1. The lowest BCUT2D eigenvalue weighted by molar-refractivity contribution is -0.141. The third-order valence-electron chi connectivity index (χ3n) is 5.45. The topological polar surface area (TPSA) is 133 Å². The number of hydrogen-bond donors (Lipinski definition) is 4. The lowest BCUT2D eigenvalue weighted by Gasteiger charge is -2.14. The number of benzene rings is 2. The number of carboxylic acid groups (broad SMARTS) is 1. The SMILES string of the molecule is O=C(C#CCNC(=O)OCC1c2ccccc2-c2ccccc21)N[C@H](Cc1cnc[nH]1)C(=O)O. The Hall–Kier alpha value is -4.58. The molecular weight excluding hydrogens is 436 g/mol. The van der Waals surface area contributed by atoms with Crippen LogP contribution in [0, 0.1) is 11.8 Å². The number of nitrogens with zero attached hydrogens (tertiary/aromatic N) is 1. The maximum atomic E-state index is 12.1. The highest BCUT2D eigenvalue weighted by Gasteiger charge is 2.29. The van der Waals surface area contributed by atoms with Gasteiger partial charge in [-0.2, -0.15) is 0 Å². The van der Waals surface area contributed by atoms with Crippen molar-refractivity contribution in [3.05, 3.63) is 77.9 Å². The Labute approximate surface area is 195 Å². The number of alkyl carbamates (subject to hydrolysis) is 1. The van der Waals surface area contributed by atoms with E-state index in [0.717, 1.165) is 22.3 Å². The van der Waals surface area contributed by atoms with Crippen LogP contribution in [0.3, 0.4) is 0 Å². The minimum absolute atomic E-state index is 0.0424. The third kappa shape index (κ3) is 5.24. The Morgan fingerprint density at radius 2 is 1.76 bits per heavy atom. The fraction of sp³-hybridized carbons (Fsp3) is 0.200. The van der Waals surface area contributed by atoms with Crippen molar-refractivity contribution in [2.24, 2.45) is 0 Å². The van der Waals surface area contributed by atoms with Gasteiger partial charge < -0.3 is 25.5 Å². The molecule has 0 saturated heterocycles. The zero-order chi connectivity index (χ0) is 23.9. The monoisotopic (exact) mass is 458 g/mol. The Morgan fingerprint density at radius 1 is 1.09 bits per heavy atom. The third-order valence-corrected chi connectivity index (χ3v) is 5.45. The van der Waals surface area contributed by atoms with E-state index in [1.54, 1.807) is 0 Å². The molecule has 9 nitrogen and oxygen atoms in total. The Bertz CT molecular complexity index is 1210. The first kappa shape index (κ1) is 22.6. The molecule has 34 heavy (non-hydrogen) atoms. The molecular formula is C25H22N4O5. The van der Waals surface area contributed by atoms with Gasteiger partial charge in [0, 0.05) is 24.2 Å². The number of aromatic nitrogens is 2. The van der Waals surface area contributed by atoms with Gasteiger partial charge in [-0.3, -0.25) is 4.79 Å². The number of nitrogens with one attached hydrogen (secondary N) is 3. The minimum atomic E-state index is -1.19. The number of carbonyl (C=O) groups is 3. The van der Waals surface area contributed by atoms with Crippen molar-refractivity contribution in [1.82, 2.24) is 20.6 Å². The summed E-state index contributed by atoms with van der Waals surface area (Å²) in [6.07, 6.45) is 2.29. The average Bonchev–Trinajstić information content (AvgIpc) is 3.46. The van der Waals surface area contributed by atoms with E-state index in [2.05, 4.69) is 44.6 Å². The van der Waals surface area contributed by atoms with Gasteiger partial charge in [0.2, 0.25) is 0 Å². The van der Waals surface area contributed by atoms with Gasteiger partial charge in [0.05, 0.1) is 12.9 Å². The van der Waals surface area contributed by atoms with Crippen LogP contribution >= 0.6 is 0 Å². The van der Waals surface area contributed by atoms with E-state index in [4.69, 9.17) is 4.74 Å². The average molecular weight is 458 g/mol. The number of ether oxygens (including phenoxy) is 1. The first-order chi connectivity index (χ1) is 16.5. The van der Waals surface area contributed by atoms with E-state index < -0.39 is 24.0 Å². The molecule has 3 aromatic rings. The van der Waals surface area contributed by atoms with Crippen LogP contribution in [0.4, 0.5) is 4.79 Å². The number of hydrogen-bond acceptors (Lipinski definition) is 5. The van der Waals surface area contributed by atoms with Gasteiger partial charge in [0.15, 0.2) is 0 Å². The number of amides is 2. The number of aromatic amines is 1. The molecule has 0 radical (unpaired) electrons. The summed E-state index contributed by atoms with van der Waals surface area (Å²) in [6.45, 7) is 0.0457. The van der Waals surface area contributed by atoms with Crippen LogP contribution in [0.5, 0.6) is 0 Å². The van der Waals surface area contributed by atoms with Crippen molar-refractivity contribution in [2.75, 3.05) is 13.2 Å². The van der Waals surface area contributed by atoms with Crippen molar-refractivity contribution in [1.29, 1.82) is 0 Å². The number of rotatable bonds is 7. The molecule has 1 aliphatic rings. The van der Waals surface area contributed by atoms with E-state index in [-0.39, 0.29) is 25.5 Å². The molecule has 0 unspecified atom stereocenters. The number of fused-ring (bicyclic) bond motifs is 3. The molecule has 1 heterocycles. The largest absolute Gasteiger partial charge is 0.480 e. The van der Waals surface area contributed by atoms with Gasteiger partial charge in [-0.05, 0) is 28.2 Å². The molecule has 9 heteroatoms. The molecule has 1 atom stereocenters. The van der Waals surface area contributed by atoms with E-state index in [0.29, 0.717) is 5.69 Å². The summed E-state index contributed by atoms with van der Waals surface area (Å²) in [7, 11) is 0. The predicted molar refractivity (Wildman–Crippen MR) is 123 cm³/mol. The van der Waals surface area contributed by atoms with Gasteiger partial charge in [-0.15, -0.1) is 0 Å². The molecule has 0 spiro atoms. The normalized spacial score (nSPS) is 12.5. The fourth-order valence-corrected chi connectivity index (χ4v) is 3.90. The van der Waals surface area contributed by atoms with E-state index in [1.165, 1.54) is 12.5 Å². The molecule has 2 aromatic carbocycles. The molecule has 2 amide bonds. The summed E-state index contributed by atoms with van der Waals surface area (Å²) in [6, 6.07) is 14.9. The zero-order valence-electron chi connectivity index (χ0n) is 18.1. The van der Waals surface area contributed by atoms with Crippen LogP contribution in [0.1, 0.15) is 22.7 Å². The highest BCUT2D eigenvalue weighted by Crippen LogP contribution is 2.44. The molecule has 1 aliphatic carbocycles. The van der Waals surface area contributed by atoms with Crippen molar-refractivity contribution in [3.63, 3.8) is 0 Å². The van der Waals surface area contributed by atoms with Gasteiger partial charge in [-0.1, -0.05) is 54.5 Å². The molecule has 172 valence electrons. The Balaban J connectivity index is 1.25. The first-order valence-corrected chi connectivity index (χ1v) is 10.6. The van der Waals surface area contributed by atoms with Crippen LogP contribution in [0.2, 0.25) is 0 Å². The Kier molecular flexibility index (Phi) is 6.89. The highest BCUT2D eigenvalue weighted by atomic mass is 16.5. The van der Waals surface area contributed by atoms with Gasteiger partial charge >= 0.3 is 12.1 Å². The summed E-state index contributed by atoms with van der Waals surface area (Å²) in [4.78, 5) is 42.0. The lowest BCUT2D eigenvalue weighted by atomic mass is 9.98. The zero-order valence-corrected chi connectivity index (χ0v) is 18.1. The van der Waals surface area contributed by atoms with Gasteiger partial charge in [-0.25, -0.2) is 14.6 Å². The minimum Gasteiger partial charge on any atom is -0.480 e. The highest BCUT2D eigenvalue weighted by molar-refractivity contribution is 5.96. The molecule has 0 fully saturated rings.